The fraction of sp³-hybridized carbons (Fsp3) is 0.308. The molecule has 2 aromatic rings. The zero-order chi connectivity index (χ0) is 25.7. The first kappa shape index (κ1) is 25.9. The molecule has 182 valence electrons. The number of imide groups is 1. The van der Waals surface area contributed by atoms with E-state index >= 15 is 0 Å². The van der Waals surface area contributed by atoms with Crippen LogP contribution in [0.5, 0.6) is 0 Å². The van der Waals surface area contributed by atoms with E-state index in [4.69, 9.17) is 20.8 Å². The van der Waals surface area contributed by atoms with Crippen LogP contribution in [0.4, 0.5) is 0 Å². The Hall–Kier alpha value is -3.67. The number of benzene rings is 1. The average molecular weight is 497 g/mol. The topological polar surface area (TPSA) is 121 Å². The Morgan fingerprint density at radius 2 is 2.03 bits per heavy atom. The number of nitrogens with zero attached hydrogens (tertiary/aromatic N) is 2. The molecule has 0 saturated heterocycles. The van der Waals surface area contributed by atoms with Crippen molar-refractivity contribution in [1.29, 1.82) is 5.26 Å². The number of aliphatic hydroxyl groups excluding tert-OH is 1. The van der Waals surface area contributed by atoms with E-state index in [9.17, 15) is 24.8 Å². The van der Waals surface area contributed by atoms with Crippen molar-refractivity contribution in [2.24, 2.45) is 0 Å². The molecule has 1 aromatic carbocycles. The lowest BCUT2D eigenvalue weighted by Gasteiger charge is -2.28. The first-order valence-corrected chi connectivity index (χ1v) is 11.5. The molecule has 35 heavy (non-hydrogen) atoms. The number of esters is 1. The lowest BCUT2D eigenvalue weighted by atomic mass is 9.94. The number of amides is 2. The van der Waals surface area contributed by atoms with E-state index in [-0.39, 0.29) is 33.9 Å². The molecular weight excluding hydrogens is 472 g/mol. The molecule has 1 atom stereocenters. The van der Waals surface area contributed by atoms with E-state index < -0.39 is 23.9 Å². The molecule has 8 nitrogen and oxygen atoms in total. The van der Waals surface area contributed by atoms with E-state index in [0.717, 1.165) is 17.7 Å². The maximum Gasteiger partial charge on any atom is 0.339 e. The molecule has 9 heteroatoms. The summed E-state index contributed by atoms with van der Waals surface area (Å²) in [7, 11) is 0. The molecule has 0 aliphatic carbocycles. The van der Waals surface area contributed by atoms with Crippen molar-refractivity contribution in [3.63, 3.8) is 0 Å². The second kappa shape index (κ2) is 11.2. The number of unbranched alkanes of at least 4 members (excludes halogenated alkanes) is 1. The van der Waals surface area contributed by atoms with Gasteiger partial charge in [0.2, 0.25) is 0 Å². The highest BCUT2D eigenvalue weighted by atomic mass is 35.5. The Balaban J connectivity index is 1.94. The summed E-state index contributed by atoms with van der Waals surface area (Å²) in [6, 6.07) is 9.96. The number of β-amino-alcohol motifs (C(OH)–C–C–N with tert-alkyl or cyclic N) is 1. The molecule has 0 bridgehead atoms. The summed E-state index contributed by atoms with van der Waals surface area (Å²) in [4.78, 5) is 38.7. The summed E-state index contributed by atoms with van der Waals surface area (Å²) < 4.78 is 11.1. The van der Waals surface area contributed by atoms with Crippen molar-refractivity contribution in [2.75, 3.05) is 13.2 Å². The van der Waals surface area contributed by atoms with Gasteiger partial charge in [-0.1, -0.05) is 24.9 Å². The Kier molecular flexibility index (Phi) is 8.28. The van der Waals surface area contributed by atoms with Gasteiger partial charge >= 0.3 is 5.97 Å². The molecule has 1 N–H and O–H groups in total. The minimum atomic E-state index is -0.953. The third-order valence-electron chi connectivity index (χ3n) is 5.39. The summed E-state index contributed by atoms with van der Waals surface area (Å²) in [5.41, 5.74) is 0.952. The third-order valence-corrected chi connectivity index (χ3v) is 5.72. The number of carbonyl (C=O) groups is 3. The molecule has 0 radical (unpaired) electrons. The highest BCUT2D eigenvalue weighted by Gasteiger charge is 2.36. The van der Waals surface area contributed by atoms with Crippen LogP contribution in [0.2, 0.25) is 5.02 Å². The lowest BCUT2D eigenvalue weighted by molar-refractivity contribution is -0.141. The predicted molar refractivity (Wildman–Crippen MR) is 129 cm³/mol. The summed E-state index contributed by atoms with van der Waals surface area (Å²) in [5, 5.41) is 19.4. The van der Waals surface area contributed by atoms with Crippen LogP contribution in [-0.2, 0) is 14.3 Å². The monoisotopic (exact) mass is 496 g/mol. The van der Waals surface area contributed by atoms with E-state index in [1.165, 1.54) is 19.9 Å². The van der Waals surface area contributed by atoms with Crippen LogP contribution in [0.25, 0.3) is 17.4 Å². The SMILES string of the molecule is CCCCOC(=O)c1cc(-c2ccc(/C=C3/C(=O)N(C[C@@H](C)O)C(=O)C(C#N)=C3C)o2)ccc1Cl. The molecule has 0 unspecified atom stereocenters. The molecular formula is C26H25ClN2O6. The first-order chi connectivity index (χ1) is 16.7. The van der Waals surface area contributed by atoms with E-state index in [1.807, 2.05) is 13.0 Å². The molecule has 0 fully saturated rings. The van der Waals surface area contributed by atoms with Gasteiger partial charge in [0.25, 0.3) is 11.8 Å². The Labute approximate surface area is 208 Å². The second-order valence-corrected chi connectivity index (χ2v) is 8.53. The standard InChI is InChI=1S/C26H25ClN2O6/c1-4-5-10-34-26(33)20-11-17(6-8-22(20)27)23-9-7-18(35-23)12-19-16(3)21(13-28)25(32)29(24(19)31)14-15(2)30/h6-9,11-12,15,30H,4-5,10,14H2,1-3H3/b19-12+/t15-/m1/s1. The highest BCUT2D eigenvalue weighted by Crippen LogP contribution is 2.31. The van der Waals surface area contributed by atoms with E-state index in [0.29, 0.717) is 23.7 Å². The van der Waals surface area contributed by atoms with Crippen LogP contribution in [0, 0.1) is 11.3 Å². The predicted octanol–water partition coefficient (Wildman–Crippen LogP) is 4.53. The maximum atomic E-state index is 13.0. The van der Waals surface area contributed by atoms with E-state index in [2.05, 4.69) is 0 Å². The quantitative estimate of drug-likeness (QED) is 0.246. The van der Waals surface area contributed by atoms with Crippen molar-refractivity contribution in [2.45, 2.75) is 39.7 Å². The van der Waals surface area contributed by atoms with Crippen LogP contribution in [-0.4, -0.2) is 47.0 Å². The van der Waals surface area contributed by atoms with Crippen molar-refractivity contribution in [3.8, 4) is 17.4 Å². The minimum Gasteiger partial charge on any atom is -0.462 e. The van der Waals surface area contributed by atoms with Crippen LogP contribution in [0.15, 0.2) is 51.5 Å². The number of furan rings is 1. The van der Waals surface area contributed by atoms with Crippen LogP contribution in [0.1, 0.15) is 49.7 Å². The van der Waals surface area contributed by atoms with Gasteiger partial charge in [-0.15, -0.1) is 0 Å². The Bertz CT molecular complexity index is 1260. The number of carbonyl (C=O) groups excluding carboxylic acids is 3. The Morgan fingerprint density at radius 1 is 1.29 bits per heavy atom. The molecule has 1 aliphatic rings. The van der Waals surface area contributed by atoms with E-state index in [1.54, 1.807) is 30.3 Å². The molecule has 1 aliphatic heterocycles. The maximum absolute atomic E-state index is 13.0. The first-order valence-electron chi connectivity index (χ1n) is 11.1. The number of hydrogen-bond donors (Lipinski definition) is 1. The number of halogens is 1. The fourth-order valence-corrected chi connectivity index (χ4v) is 3.70. The van der Waals surface area contributed by atoms with Crippen LogP contribution in [0.3, 0.4) is 0 Å². The summed E-state index contributed by atoms with van der Waals surface area (Å²) >= 11 is 6.19. The molecule has 2 amide bonds. The molecule has 0 spiro atoms. The summed E-state index contributed by atoms with van der Waals surface area (Å²) in [5.74, 6) is -1.19. The smallest absolute Gasteiger partial charge is 0.339 e. The largest absolute Gasteiger partial charge is 0.462 e. The van der Waals surface area contributed by atoms with Gasteiger partial charge in [-0.3, -0.25) is 14.5 Å². The molecule has 0 saturated carbocycles. The van der Waals surface area contributed by atoms with Gasteiger partial charge in [0, 0.05) is 11.1 Å². The van der Waals surface area contributed by atoms with Gasteiger partial charge in [-0.2, -0.15) is 5.26 Å². The van der Waals surface area contributed by atoms with Gasteiger partial charge in [-0.05, 0) is 62.2 Å². The highest BCUT2D eigenvalue weighted by molar-refractivity contribution is 6.33. The van der Waals surface area contributed by atoms with Crippen LogP contribution >= 0.6 is 11.6 Å². The van der Waals surface area contributed by atoms with Gasteiger partial charge < -0.3 is 14.3 Å². The normalized spacial score (nSPS) is 16.0. The van der Waals surface area contributed by atoms with Gasteiger partial charge in [0.15, 0.2) is 0 Å². The second-order valence-electron chi connectivity index (χ2n) is 8.13. The van der Waals surface area contributed by atoms with Gasteiger partial charge in [-0.25, -0.2) is 4.79 Å². The van der Waals surface area contributed by atoms with Crippen LogP contribution < -0.4 is 0 Å². The zero-order valence-electron chi connectivity index (χ0n) is 19.6. The molecule has 2 heterocycles. The van der Waals surface area contributed by atoms with Crippen molar-refractivity contribution < 1.29 is 28.6 Å². The van der Waals surface area contributed by atoms with Crippen molar-refractivity contribution in [1.82, 2.24) is 4.90 Å². The fourth-order valence-electron chi connectivity index (χ4n) is 3.51. The molecule has 3 rings (SSSR count). The Morgan fingerprint density at radius 3 is 2.69 bits per heavy atom. The number of nitriles is 1. The van der Waals surface area contributed by atoms with Gasteiger partial charge in [0.1, 0.15) is 23.2 Å². The number of ether oxygens (including phenoxy) is 1. The summed E-state index contributed by atoms with van der Waals surface area (Å²) in [6.07, 6.45) is 2.13. The number of rotatable bonds is 8. The van der Waals surface area contributed by atoms with Gasteiger partial charge in [0.05, 0.1) is 29.8 Å². The minimum absolute atomic E-state index is 0.110. The third kappa shape index (κ3) is 5.70. The lowest BCUT2D eigenvalue weighted by Crippen LogP contribution is -2.45. The molecule has 1 aromatic heterocycles. The van der Waals surface area contributed by atoms with Crippen molar-refractivity contribution in [3.05, 3.63) is 63.4 Å². The zero-order valence-corrected chi connectivity index (χ0v) is 20.4. The number of aliphatic hydroxyl groups is 1. The average Bonchev–Trinajstić information content (AvgIpc) is 3.29. The number of hydrogen-bond acceptors (Lipinski definition) is 7. The van der Waals surface area contributed by atoms with Crippen molar-refractivity contribution >= 4 is 35.5 Å². The summed E-state index contributed by atoms with van der Waals surface area (Å²) in [6.45, 7) is 5.01.